The summed E-state index contributed by atoms with van der Waals surface area (Å²) in [5.74, 6) is 0. The van der Waals surface area contributed by atoms with Gasteiger partial charge in [-0.25, -0.2) is 4.79 Å². The first kappa shape index (κ1) is 13.9. The monoisotopic (exact) mass is 267 g/mol. The van der Waals surface area contributed by atoms with Crippen LogP contribution in [0.4, 0.5) is 10.5 Å². The number of carbonyl (C=O) groups is 1. The van der Waals surface area contributed by atoms with Gasteiger partial charge in [0.1, 0.15) is 6.61 Å². The van der Waals surface area contributed by atoms with E-state index in [2.05, 4.69) is 0 Å². The topological polar surface area (TPSA) is 29.5 Å². The van der Waals surface area contributed by atoms with Gasteiger partial charge in [0.15, 0.2) is 0 Å². The lowest BCUT2D eigenvalue weighted by Crippen LogP contribution is -2.26. The molecular weight excluding hydrogens is 250 g/mol. The molecule has 0 atom stereocenters. The molecule has 0 unspecified atom stereocenters. The zero-order valence-corrected chi connectivity index (χ0v) is 11.4. The van der Waals surface area contributed by atoms with Gasteiger partial charge in [0.25, 0.3) is 0 Å². The van der Waals surface area contributed by atoms with Gasteiger partial charge in [-0.2, -0.15) is 0 Å². The molecule has 2 rings (SSSR count). The van der Waals surface area contributed by atoms with Gasteiger partial charge in [-0.15, -0.1) is 0 Å². The molecule has 3 nitrogen and oxygen atoms in total. The lowest BCUT2D eigenvalue weighted by Gasteiger charge is -2.16. The van der Waals surface area contributed by atoms with E-state index in [0.29, 0.717) is 0 Å². The average Bonchev–Trinajstić information content (AvgIpc) is 2.52. The number of hydrogen-bond donors (Lipinski definition) is 0. The minimum Gasteiger partial charge on any atom is -0.445 e. The molecule has 20 heavy (non-hydrogen) atoms. The molecule has 1 amide bonds. The summed E-state index contributed by atoms with van der Waals surface area (Å²) in [4.78, 5) is 13.3. The van der Waals surface area contributed by atoms with Crippen molar-refractivity contribution in [1.29, 1.82) is 0 Å². The molecule has 0 saturated heterocycles. The Bertz CT molecular complexity index is 564. The lowest BCUT2D eigenvalue weighted by molar-refractivity contribution is 0.167. The van der Waals surface area contributed by atoms with Gasteiger partial charge in [0, 0.05) is 12.7 Å². The van der Waals surface area contributed by atoms with Crippen molar-refractivity contribution >= 4 is 17.9 Å². The van der Waals surface area contributed by atoms with Gasteiger partial charge in [0.05, 0.1) is 0 Å². The van der Waals surface area contributed by atoms with Crippen LogP contribution in [0.15, 0.2) is 66.7 Å². The summed E-state index contributed by atoms with van der Waals surface area (Å²) < 4.78 is 5.18. The van der Waals surface area contributed by atoms with E-state index in [1.165, 1.54) is 4.90 Å². The minimum atomic E-state index is -0.367. The minimum absolute atomic E-state index is 0.255. The highest BCUT2D eigenvalue weighted by Gasteiger charge is 2.10. The van der Waals surface area contributed by atoms with Crippen molar-refractivity contribution in [2.24, 2.45) is 0 Å². The van der Waals surface area contributed by atoms with Crippen molar-refractivity contribution in [3.05, 3.63) is 72.3 Å². The van der Waals surface area contributed by atoms with Crippen molar-refractivity contribution in [3.63, 3.8) is 0 Å². The van der Waals surface area contributed by atoms with Crippen LogP contribution in [0.2, 0.25) is 0 Å². The lowest BCUT2D eigenvalue weighted by atomic mass is 10.2. The first-order valence-electron chi connectivity index (χ1n) is 6.44. The molecule has 0 N–H and O–H groups in total. The average molecular weight is 267 g/mol. The summed E-state index contributed by atoms with van der Waals surface area (Å²) >= 11 is 0. The van der Waals surface area contributed by atoms with Crippen LogP contribution in [0.1, 0.15) is 5.56 Å². The van der Waals surface area contributed by atoms with Crippen molar-refractivity contribution in [3.8, 4) is 0 Å². The second-order valence-corrected chi connectivity index (χ2v) is 4.28. The van der Waals surface area contributed by atoms with Crippen molar-refractivity contribution < 1.29 is 9.53 Å². The summed E-state index contributed by atoms with van der Waals surface area (Å²) in [6.45, 7) is 0.255. The number of benzene rings is 2. The maximum atomic E-state index is 11.8. The zero-order valence-electron chi connectivity index (χ0n) is 11.4. The molecule has 0 bridgehead atoms. The fourth-order valence-electron chi connectivity index (χ4n) is 1.72. The second kappa shape index (κ2) is 7.14. The zero-order chi connectivity index (χ0) is 14.2. The molecule has 2 aromatic rings. The predicted molar refractivity (Wildman–Crippen MR) is 81.7 cm³/mol. The van der Waals surface area contributed by atoms with Gasteiger partial charge in [0.2, 0.25) is 0 Å². The Morgan fingerprint density at radius 2 is 1.65 bits per heavy atom. The van der Waals surface area contributed by atoms with Crippen LogP contribution < -0.4 is 4.90 Å². The molecule has 0 aromatic heterocycles. The molecule has 102 valence electrons. The number of carbonyl (C=O) groups excluding carboxylic acids is 1. The van der Waals surface area contributed by atoms with E-state index in [9.17, 15) is 4.79 Å². The molecule has 0 aliphatic heterocycles. The quantitative estimate of drug-likeness (QED) is 0.838. The molecular formula is C17H17NO2. The van der Waals surface area contributed by atoms with Crippen LogP contribution in [0.5, 0.6) is 0 Å². The van der Waals surface area contributed by atoms with Gasteiger partial charge < -0.3 is 4.74 Å². The van der Waals surface area contributed by atoms with Crippen LogP contribution in [0.25, 0.3) is 6.08 Å². The Kier molecular flexibility index (Phi) is 4.95. The number of amides is 1. The SMILES string of the molecule is CN(C(=O)OC/C=C/c1ccccc1)c1ccccc1. The maximum Gasteiger partial charge on any atom is 0.414 e. The maximum absolute atomic E-state index is 11.8. The Labute approximate surface area is 119 Å². The molecule has 0 radical (unpaired) electrons. The van der Waals surface area contributed by atoms with Crippen LogP contribution in [-0.2, 0) is 4.74 Å². The van der Waals surface area contributed by atoms with Crippen molar-refractivity contribution in [2.75, 3.05) is 18.6 Å². The number of nitrogens with zero attached hydrogens (tertiary/aromatic N) is 1. The molecule has 0 aliphatic rings. The first-order chi connectivity index (χ1) is 9.77. The third-order valence-electron chi connectivity index (χ3n) is 2.83. The number of hydrogen-bond acceptors (Lipinski definition) is 2. The number of rotatable bonds is 4. The smallest absolute Gasteiger partial charge is 0.414 e. The summed E-state index contributed by atoms with van der Waals surface area (Å²) in [6.07, 6.45) is 3.39. The molecule has 0 saturated carbocycles. The van der Waals surface area contributed by atoms with E-state index in [0.717, 1.165) is 11.3 Å². The fourth-order valence-corrected chi connectivity index (χ4v) is 1.72. The Hall–Kier alpha value is -2.55. The van der Waals surface area contributed by atoms with Gasteiger partial charge in [-0.05, 0) is 23.8 Å². The molecule has 0 spiro atoms. The van der Waals surface area contributed by atoms with E-state index < -0.39 is 0 Å². The summed E-state index contributed by atoms with van der Waals surface area (Å²) in [5, 5.41) is 0. The molecule has 3 heteroatoms. The Morgan fingerprint density at radius 3 is 2.30 bits per heavy atom. The number of para-hydroxylation sites is 1. The summed E-state index contributed by atoms with van der Waals surface area (Å²) in [7, 11) is 1.69. The normalized spacial score (nSPS) is 10.4. The van der Waals surface area contributed by atoms with E-state index in [-0.39, 0.29) is 12.7 Å². The first-order valence-corrected chi connectivity index (χ1v) is 6.44. The fraction of sp³-hybridized carbons (Fsp3) is 0.118. The highest BCUT2D eigenvalue weighted by atomic mass is 16.6. The predicted octanol–water partition coefficient (Wildman–Crippen LogP) is 3.97. The largest absolute Gasteiger partial charge is 0.445 e. The number of anilines is 1. The van der Waals surface area contributed by atoms with Gasteiger partial charge in [-0.1, -0.05) is 54.6 Å². The third kappa shape index (κ3) is 3.99. The summed E-state index contributed by atoms with van der Waals surface area (Å²) in [6, 6.07) is 19.3. The Morgan fingerprint density at radius 1 is 1.05 bits per heavy atom. The van der Waals surface area contributed by atoms with Gasteiger partial charge >= 0.3 is 6.09 Å². The van der Waals surface area contributed by atoms with E-state index in [1.807, 2.05) is 72.8 Å². The molecule has 0 heterocycles. The second-order valence-electron chi connectivity index (χ2n) is 4.28. The van der Waals surface area contributed by atoms with Crippen LogP contribution >= 0.6 is 0 Å². The highest BCUT2D eigenvalue weighted by Crippen LogP contribution is 2.12. The van der Waals surface area contributed by atoms with Crippen molar-refractivity contribution in [1.82, 2.24) is 0 Å². The molecule has 0 aliphatic carbocycles. The van der Waals surface area contributed by atoms with Crippen LogP contribution in [0.3, 0.4) is 0 Å². The summed E-state index contributed by atoms with van der Waals surface area (Å²) in [5.41, 5.74) is 1.89. The third-order valence-corrected chi connectivity index (χ3v) is 2.83. The molecule has 2 aromatic carbocycles. The van der Waals surface area contributed by atoms with E-state index >= 15 is 0 Å². The van der Waals surface area contributed by atoms with Crippen LogP contribution in [-0.4, -0.2) is 19.7 Å². The Balaban J connectivity index is 1.82. The number of ether oxygens (including phenoxy) is 1. The standard InChI is InChI=1S/C17H17NO2/c1-18(16-12-6-3-7-13-16)17(19)20-14-8-11-15-9-4-2-5-10-15/h2-13H,14H2,1H3/b11-8+. The van der Waals surface area contributed by atoms with Crippen LogP contribution in [0, 0.1) is 0 Å². The van der Waals surface area contributed by atoms with E-state index in [4.69, 9.17) is 4.74 Å². The van der Waals surface area contributed by atoms with Crippen molar-refractivity contribution in [2.45, 2.75) is 0 Å². The molecule has 0 fully saturated rings. The van der Waals surface area contributed by atoms with E-state index in [1.54, 1.807) is 7.05 Å². The highest BCUT2D eigenvalue weighted by molar-refractivity contribution is 5.86. The van der Waals surface area contributed by atoms with Gasteiger partial charge in [-0.3, -0.25) is 4.90 Å².